The highest BCUT2D eigenvalue weighted by Crippen LogP contribution is 2.33. The van der Waals surface area contributed by atoms with Crippen LogP contribution in [-0.2, 0) is 16.7 Å². The van der Waals surface area contributed by atoms with Crippen LogP contribution in [0.3, 0.4) is 0 Å². The molecule has 0 amide bonds. The standard InChI is InChI=1S/C12H10F4N6O4S.H3N/c13-8-2-1-6(5-7(8)12(14,15)16)19-11(20-23)9-10(22-26-21-9)17-3-4-18-27(24)25;/h1-2,5,23H,3-4H2,(H,17,22)(H,19,20);1H3. The predicted octanol–water partition coefficient (Wildman–Crippen LogP) is 1.92. The summed E-state index contributed by atoms with van der Waals surface area (Å²) in [4.78, 5) is 3.72. The van der Waals surface area contributed by atoms with Crippen LogP contribution in [0.15, 0.2) is 32.2 Å². The molecule has 0 unspecified atom stereocenters. The molecule has 1 heterocycles. The number of hydrogen-bond donors (Lipinski definition) is 4. The Morgan fingerprint density at radius 3 is 2.61 bits per heavy atom. The van der Waals surface area contributed by atoms with Gasteiger partial charge in [-0.3, -0.25) is 10.7 Å². The zero-order chi connectivity index (χ0) is 20.0. The fraction of sp³-hybridized carbons (Fsp3) is 0.250. The molecule has 0 spiro atoms. The van der Waals surface area contributed by atoms with E-state index in [0.29, 0.717) is 12.1 Å². The van der Waals surface area contributed by atoms with Crippen molar-refractivity contribution in [3.8, 4) is 0 Å². The lowest BCUT2D eigenvalue weighted by molar-refractivity contribution is -0.139. The molecule has 2 aromatic rings. The van der Waals surface area contributed by atoms with Crippen molar-refractivity contribution in [2.45, 2.75) is 6.18 Å². The van der Waals surface area contributed by atoms with Gasteiger partial charge >= 0.3 is 16.7 Å². The van der Waals surface area contributed by atoms with Gasteiger partial charge in [0.05, 0.1) is 17.8 Å². The van der Waals surface area contributed by atoms with Gasteiger partial charge in [0.25, 0.3) is 0 Å². The minimum Gasteiger partial charge on any atom is -0.363 e. The molecule has 0 saturated carbocycles. The second-order valence-electron chi connectivity index (χ2n) is 4.69. The van der Waals surface area contributed by atoms with Crippen LogP contribution < -0.4 is 16.9 Å². The smallest absolute Gasteiger partial charge is 0.363 e. The Morgan fingerprint density at radius 2 is 2.00 bits per heavy atom. The Kier molecular flexibility index (Phi) is 7.96. The summed E-state index contributed by atoms with van der Waals surface area (Å²) in [5.41, 5.74) is -0.477. The molecule has 0 aliphatic carbocycles. The van der Waals surface area contributed by atoms with Gasteiger partial charge in [0, 0.05) is 6.54 Å². The first kappa shape index (κ1) is 22.9. The summed E-state index contributed by atoms with van der Waals surface area (Å²) in [5.74, 6) is -2.03. The Labute approximate surface area is 155 Å². The van der Waals surface area contributed by atoms with Crippen LogP contribution in [0.5, 0.6) is 0 Å². The number of hydroxylamine groups is 1. The van der Waals surface area contributed by atoms with Gasteiger partial charge in [0.15, 0.2) is 11.5 Å². The van der Waals surface area contributed by atoms with Gasteiger partial charge in [0.2, 0.25) is 5.82 Å². The van der Waals surface area contributed by atoms with E-state index in [1.165, 1.54) is 0 Å². The Morgan fingerprint density at radius 1 is 1.29 bits per heavy atom. The lowest BCUT2D eigenvalue weighted by Crippen LogP contribution is -2.22. The maximum absolute atomic E-state index is 13.3. The molecular formula is C12H13F4N7O4S. The molecule has 11 nitrogen and oxygen atoms in total. The average Bonchev–Trinajstić information content (AvgIpc) is 3.05. The molecule has 6 N–H and O–H groups in total. The fourth-order valence-electron chi connectivity index (χ4n) is 1.81. The second kappa shape index (κ2) is 9.72. The zero-order valence-electron chi connectivity index (χ0n) is 13.7. The van der Waals surface area contributed by atoms with E-state index in [4.69, 9.17) is 0 Å². The minimum absolute atomic E-state index is 0. The quantitative estimate of drug-likeness (QED) is 0.176. The summed E-state index contributed by atoms with van der Waals surface area (Å²) in [6.07, 6.45) is -4.93. The number of hydrogen-bond acceptors (Lipinski definition) is 10. The zero-order valence-corrected chi connectivity index (χ0v) is 14.6. The van der Waals surface area contributed by atoms with Crippen molar-refractivity contribution in [3.63, 3.8) is 0 Å². The summed E-state index contributed by atoms with van der Waals surface area (Å²) >= 11 is 0. The predicted molar refractivity (Wildman–Crippen MR) is 86.5 cm³/mol. The molecule has 0 radical (unpaired) electrons. The van der Waals surface area contributed by atoms with E-state index in [-0.39, 0.29) is 36.4 Å². The molecule has 28 heavy (non-hydrogen) atoms. The Hall–Kier alpha value is -3.11. The second-order valence-corrected chi connectivity index (χ2v) is 5.38. The minimum atomic E-state index is -4.93. The summed E-state index contributed by atoms with van der Waals surface area (Å²) in [6, 6.07) is 1.96. The van der Waals surface area contributed by atoms with Crippen LogP contribution in [0.4, 0.5) is 29.1 Å². The molecule has 154 valence electrons. The van der Waals surface area contributed by atoms with Gasteiger partial charge in [-0.15, -0.1) is 0 Å². The van der Waals surface area contributed by atoms with Gasteiger partial charge < -0.3 is 11.5 Å². The topological polar surface area (TPSA) is 177 Å². The monoisotopic (exact) mass is 427 g/mol. The Bertz CT molecular complexity index is 967. The Balaban J connectivity index is 0.00000392. The molecule has 0 aliphatic heterocycles. The van der Waals surface area contributed by atoms with E-state index in [9.17, 15) is 31.2 Å². The number of anilines is 1. The number of aromatic nitrogens is 2. The van der Waals surface area contributed by atoms with Gasteiger partial charge in [-0.2, -0.15) is 26.0 Å². The van der Waals surface area contributed by atoms with E-state index < -0.39 is 33.9 Å². The summed E-state index contributed by atoms with van der Waals surface area (Å²) in [6.45, 7) is -0.156. The molecule has 0 atom stereocenters. The number of nitrogens with zero attached hydrogens (tertiary/aromatic N) is 4. The molecule has 1 aromatic heterocycles. The van der Waals surface area contributed by atoms with Crippen molar-refractivity contribution in [3.05, 3.63) is 35.3 Å². The van der Waals surface area contributed by atoms with Crippen molar-refractivity contribution in [1.82, 2.24) is 21.9 Å². The normalized spacial score (nSPS) is 11.5. The molecule has 0 aliphatic rings. The third kappa shape index (κ3) is 5.96. The first-order valence-electron chi connectivity index (χ1n) is 6.91. The molecule has 1 aromatic carbocycles. The van der Waals surface area contributed by atoms with Crippen LogP contribution >= 0.6 is 0 Å². The molecule has 0 saturated heterocycles. The highest BCUT2D eigenvalue weighted by Gasteiger charge is 2.34. The number of benzene rings is 1. The molecule has 16 heteroatoms. The fourth-order valence-corrected chi connectivity index (χ4v) is 2.05. The van der Waals surface area contributed by atoms with Crippen molar-refractivity contribution in [1.29, 1.82) is 0 Å². The lowest BCUT2D eigenvalue weighted by atomic mass is 10.2. The highest BCUT2D eigenvalue weighted by molar-refractivity contribution is 7.61. The maximum Gasteiger partial charge on any atom is 0.419 e. The number of halogens is 4. The molecule has 2 rings (SSSR count). The lowest BCUT2D eigenvalue weighted by Gasteiger charge is -2.09. The third-order valence-electron chi connectivity index (χ3n) is 2.92. The molecule has 0 fully saturated rings. The van der Waals surface area contributed by atoms with E-state index in [2.05, 4.69) is 29.6 Å². The van der Waals surface area contributed by atoms with Gasteiger partial charge in [-0.05, 0) is 28.5 Å². The summed E-state index contributed by atoms with van der Waals surface area (Å²) in [7, 11) is -2.59. The molecular weight excluding hydrogens is 414 g/mol. The summed E-state index contributed by atoms with van der Waals surface area (Å²) < 4.78 is 79.8. The van der Waals surface area contributed by atoms with Crippen molar-refractivity contribution < 1.29 is 35.8 Å². The van der Waals surface area contributed by atoms with Crippen molar-refractivity contribution in [2.75, 3.05) is 18.4 Å². The van der Waals surface area contributed by atoms with E-state index in [1.54, 1.807) is 5.48 Å². The largest absolute Gasteiger partial charge is 0.419 e. The number of rotatable bonds is 6. The number of alkyl halides is 3. The maximum atomic E-state index is 13.3. The summed E-state index contributed by atoms with van der Waals surface area (Å²) in [5, 5.41) is 18.7. The van der Waals surface area contributed by atoms with Gasteiger partial charge in [-0.25, -0.2) is 14.0 Å². The van der Waals surface area contributed by atoms with Crippen LogP contribution in [0.2, 0.25) is 0 Å². The third-order valence-corrected chi connectivity index (χ3v) is 3.31. The van der Waals surface area contributed by atoms with Crippen LogP contribution in [0, 0.1) is 5.82 Å². The first-order chi connectivity index (χ1) is 12.7. The van der Waals surface area contributed by atoms with Crippen molar-refractivity contribution in [2.24, 2.45) is 9.36 Å². The van der Waals surface area contributed by atoms with Crippen molar-refractivity contribution >= 4 is 27.8 Å². The number of nitrogens with one attached hydrogen (secondary N) is 2. The number of amidine groups is 1. The average molecular weight is 427 g/mol. The first-order valence-corrected chi connectivity index (χ1v) is 7.94. The van der Waals surface area contributed by atoms with Crippen LogP contribution in [0.25, 0.3) is 0 Å². The highest BCUT2D eigenvalue weighted by atomic mass is 32.2. The van der Waals surface area contributed by atoms with Gasteiger partial charge in [0.1, 0.15) is 5.82 Å². The SMILES string of the molecule is N.O=S(=O)=NCCNc1nonc1C(=Nc1ccc(F)c(C(F)(F)F)c1)NO. The van der Waals surface area contributed by atoms with Gasteiger partial charge in [-0.1, -0.05) is 0 Å². The van der Waals surface area contributed by atoms with E-state index in [1.807, 2.05) is 0 Å². The van der Waals surface area contributed by atoms with E-state index in [0.717, 1.165) is 6.07 Å². The van der Waals surface area contributed by atoms with Crippen LogP contribution in [0.1, 0.15) is 11.3 Å². The molecule has 0 bridgehead atoms. The van der Waals surface area contributed by atoms with Crippen LogP contribution in [-0.4, -0.2) is 42.9 Å². The number of aliphatic imine (C=N–C) groups is 1. The van der Waals surface area contributed by atoms with E-state index >= 15 is 0 Å².